The first-order valence-electron chi connectivity index (χ1n) is 12.0. The molecule has 1 aromatic rings. The highest BCUT2D eigenvalue weighted by Crippen LogP contribution is 2.38. The minimum atomic E-state index is -1.11. The van der Waals surface area contributed by atoms with Crippen LogP contribution in [0.2, 0.25) is 0 Å². The van der Waals surface area contributed by atoms with E-state index in [1.165, 1.54) is 4.90 Å². The van der Waals surface area contributed by atoms with Gasteiger partial charge in [0.2, 0.25) is 11.8 Å². The van der Waals surface area contributed by atoms with E-state index in [0.717, 1.165) is 37.0 Å². The Morgan fingerprint density at radius 1 is 1.24 bits per heavy atom. The molecule has 0 aromatic carbocycles. The number of thiophene rings is 1. The van der Waals surface area contributed by atoms with Gasteiger partial charge in [0.15, 0.2) is 0 Å². The predicted molar refractivity (Wildman–Crippen MR) is 133 cm³/mol. The maximum Gasteiger partial charge on any atom is 0.348 e. The van der Waals surface area contributed by atoms with Gasteiger partial charge in [-0.2, -0.15) is 0 Å². The van der Waals surface area contributed by atoms with Crippen LogP contribution in [0.4, 0.5) is 5.69 Å². The van der Waals surface area contributed by atoms with Crippen LogP contribution in [-0.2, 0) is 14.3 Å². The van der Waals surface area contributed by atoms with Crippen LogP contribution in [0.3, 0.4) is 0 Å². The zero-order valence-corrected chi connectivity index (χ0v) is 21.7. The molecule has 2 amide bonds. The molecule has 1 atom stereocenters. The van der Waals surface area contributed by atoms with Gasteiger partial charge in [-0.1, -0.05) is 18.8 Å². The number of hydrogen-bond donors (Lipinski definition) is 1. The predicted octanol–water partition coefficient (Wildman–Crippen LogP) is 4.25. The Kier molecular flexibility index (Phi) is 8.43. The lowest BCUT2D eigenvalue weighted by Crippen LogP contribution is -2.49. The van der Waals surface area contributed by atoms with E-state index in [2.05, 4.69) is 18.8 Å². The second-order valence-electron chi connectivity index (χ2n) is 10.4. The van der Waals surface area contributed by atoms with Crippen molar-refractivity contribution in [1.82, 2.24) is 4.90 Å². The minimum Gasteiger partial charge on any atom is -0.477 e. The number of carboxylic acid groups (broad SMARTS) is 1. The Morgan fingerprint density at radius 3 is 2.50 bits per heavy atom. The second kappa shape index (κ2) is 10.9. The number of methoxy groups -OCH3 is 1. The summed E-state index contributed by atoms with van der Waals surface area (Å²) in [5.41, 5.74) is 0.0525. The maximum absolute atomic E-state index is 13.9. The lowest BCUT2D eigenvalue weighted by atomic mass is 9.82. The molecule has 1 aliphatic heterocycles. The van der Waals surface area contributed by atoms with E-state index in [4.69, 9.17) is 4.74 Å². The number of ether oxygens (including phenoxy) is 1. The van der Waals surface area contributed by atoms with Crippen molar-refractivity contribution >= 4 is 34.8 Å². The summed E-state index contributed by atoms with van der Waals surface area (Å²) in [6.07, 6.45) is 3.90. The molecule has 3 rings (SSSR count). The molecular weight excluding hydrogens is 452 g/mol. The average Bonchev–Trinajstić information content (AvgIpc) is 3.35. The molecule has 0 radical (unpaired) electrons. The van der Waals surface area contributed by atoms with E-state index >= 15 is 0 Å². The van der Waals surface area contributed by atoms with Gasteiger partial charge in [0, 0.05) is 31.5 Å². The summed E-state index contributed by atoms with van der Waals surface area (Å²) in [4.78, 5) is 43.2. The minimum absolute atomic E-state index is 0.0545. The van der Waals surface area contributed by atoms with Gasteiger partial charge in [-0.25, -0.2) is 4.79 Å². The molecule has 186 valence electrons. The first-order chi connectivity index (χ1) is 16.0. The van der Waals surface area contributed by atoms with Crippen molar-refractivity contribution in [2.45, 2.75) is 65.8 Å². The summed E-state index contributed by atoms with van der Waals surface area (Å²) in [5.74, 6) is 5.17. The normalized spacial score (nSPS) is 22.9. The Balaban J connectivity index is 2.02. The van der Waals surface area contributed by atoms with Crippen molar-refractivity contribution in [3.63, 3.8) is 0 Å². The highest BCUT2D eigenvalue weighted by Gasteiger charge is 2.43. The van der Waals surface area contributed by atoms with E-state index in [9.17, 15) is 19.5 Å². The van der Waals surface area contributed by atoms with Crippen LogP contribution < -0.4 is 4.90 Å². The third-order valence-corrected chi connectivity index (χ3v) is 7.50. The number of likely N-dealkylation sites (tertiary alicyclic amines) is 1. The van der Waals surface area contributed by atoms with Crippen LogP contribution in [0.1, 0.15) is 74.3 Å². The smallest absolute Gasteiger partial charge is 0.348 e. The fourth-order valence-electron chi connectivity index (χ4n) is 4.55. The number of rotatable bonds is 7. The second-order valence-corrected chi connectivity index (χ2v) is 11.5. The highest BCUT2D eigenvalue weighted by molar-refractivity contribution is 7.15. The monoisotopic (exact) mass is 488 g/mol. The number of hydrogen-bond acceptors (Lipinski definition) is 5. The van der Waals surface area contributed by atoms with Gasteiger partial charge in [-0.3, -0.25) is 14.5 Å². The quantitative estimate of drug-likeness (QED) is 0.580. The molecule has 2 fully saturated rings. The van der Waals surface area contributed by atoms with E-state index in [-0.39, 0.29) is 28.0 Å². The molecule has 1 saturated heterocycles. The fraction of sp³-hybridized carbons (Fsp3) is 0.654. The van der Waals surface area contributed by atoms with Gasteiger partial charge in [0.25, 0.3) is 0 Å². The zero-order valence-electron chi connectivity index (χ0n) is 20.8. The third kappa shape index (κ3) is 6.19. The summed E-state index contributed by atoms with van der Waals surface area (Å²) in [5, 5.41) is 9.97. The fourth-order valence-corrected chi connectivity index (χ4v) is 5.40. The van der Waals surface area contributed by atoms with Crippen molar-refractivity contribution in [2.75, 3.05) is 31.7 Å². The largest absolute Gasteiger partial charge is 0.477 e. The molecule has 2 heterocycles. The Morgan fingerprint density at radius 2 is 1.91 bits per heavy atom. The van der Waals surface area contributed by atoms with Crippen molar-refractivity contribution in [3.8, 4) is 11.8 Å². The standard InChI is InChI=1S/C26H36N2O5S/c1-17-6-8-18(9-7-17)23(29)28(20-11-13-27(24(20)30)14-15-33-5)21-16-19(10-12-26(2,3)4)34-22(21)25(31)32/h16-18,20H,6-9,11,13-15H2,1-5H3,(H,31,32)/t17?,18?,20-/m0/s1. The van der Waals surface area contributed by atoms with Crippen LogP contribution in [-0.4, -0.2) is 60.6 Å². The van der Waals surface area contributed by atoms with Gasteiger partial charge < -0.3 is 14.7 Å². The van der Waals surface area contributed by atoms with Crippen LogP contribution in [0.25, 0.3) is 0 Å². The maximum atomic E-state index is 13.9. The van der Waals surface area contributed by atoms with E-state index in [1.807, 2.05) is 20.8 Å². The van der Waals surface area contributed by atoms with Crippen molar-refractivity contribution in [2.24, 2.45) is 17.3 Å². The summed E-state index contributed by atoms with van der Waals surface area (Å²) in [6.45, 7) is 9.52. The number of carbonyl (C=O) groups is 3. The Bertz CT molecular complexity index is 976. The molecule has 2 aliphatic rings. The first kappa shape index (κ1) is 26.2. The zero-order chi connectivity index (χ0) is 25.0. The van der Waals surface area contributed by atoms with Gasteiger partial charge in [0.1, 0.15) is 10.9 Å². The summed E-state index contributed by atoms with van der Waals surface area (Å²) in [7, 11) is 1.59. The summed E-state index contributed by atoms with van der Waals surface area (Å²) >= 11 is 1.06. The number of carbonyl (C=O) groups excluding carboxylic acids is 2. The number of anilines is 1. The molecule has 0 unspecified atom stereocenters. The Hall–Kier alpha value is -2.37. The molecule has 0 spiro atoms. The molecule has 0 bridgehead atoms. The van der Waals surface area contributed by atoms with E-state index in [1.54, 1.807) is 18.1 Å². The molecule has 1 aromatic heterocycles. The topological polar surface area (TPSA) is 87.2 Å². The first-order valence-corrected chi connectivity index (χ1v) is 12.8. The van der Waals surface area contributed by atoms with Crippen LogP contribution >= 0.6 is 11.3 Å². The third-order valence-electron chi connectivity index (χ3n) is 6.48. The van der Waals surface area contributed by atoms with Gasteiger partial charge in [-0.15, -0.1) is 11.3 Å². The van der Waals surface area contributed by atoms with Crippen LogP contribution in [0.5, 0.6) is 0 Å². The lowest BCUT2D eigenvalue weighted by Gasteiger charge is -2.34. The number of carboxylic acids is 1. The molecule has 34 heavy (non-hydrogen) atoms. The number of aromatic carboxylic acids is 1. The Labute approximate surface area is 206 Å². The molecule has 1 N–H and O–H groups in total. The molecule has 8 heteroatoms. The van der Waals surface area contributed by atoms with Crippen LogP contribution in [0, 0.1) is 29.1 Å². The van der Waals surface area contributed by atoms with E-state index in [0.29, 0.717) is 42.6 Å². The molecule has 1 saturated carbocycles. The molecule has 7 nitrogen and oxygen atoms in total. The number of nitrogens with zero attached hydrogens (tertiary/aromatic N) is 2. The van der Waals surface area contributed by atoms with Gasteiger partial charge >= 0.3 is 5.97 Å². The number of amides is 2. The lowest BCUT2D eigenvalue weighted by molar-refractivity contribution is -0.132. The SMILES string of the molecule is COCCN1CC[C@H](N(C(=O)C2CCC(C)CC2)c2cc(C#CC(C)(C)C)sc2C(=O)O)C1=O. The average molecular weight is 489 g/mol. The van der Waals surface area contributed by atoms with Crippen molar-refractivity contribution in [3.05, 3.63) is 15.8 Å². The van der Waals surface area contributed by atoms with Crippen molar-refractivity contribution < 1.29 is 24.2 Å². The van der Waals surface area contributed by atoms with Crippen molar-refractivity contribution in [1.29, 1.82) is 0 Å². The molecule has 1 aliphatic carbocycles. The highest BCUT2D eigenvalue weighted by atomic mass is 32.1. The van der Waals surface area contributed by atoms with Gasteiger partial charge in [0.05, 0.1) is 17.2 Å². The summed E-state index contributed by atoms with van der Waals surface area (Å²) in [6, 6.07) is 0.973. The molecular formula is C26H36N2O5S. The summed E-state index contributed by atoms with van der Waals surface area (Å²) < 4.78 is 5.13. The van der Waals surface area contributed by atoms with Gasteiger partial charge in [-0.05, 0) is 64.9 Å². The van der Waals surface area contributed by atoms with E-state index < -0.39 is 12.0 Å². The van der Waals surface area contributed by atoms with Crippen LogP contribution in [0.15, 0.2) is 6.07 Å².